The minimum atomic E-state index is -1.15. The van der Waals surface area contributed by atoms with Crippen LogP contribution < -0.4 is 10.2 Å². The van der Waals surface area contributed by atoms with Crippen LogP contribution in [0.3, 0.4) is 0 Å². The molecule has 1 rings (SSSR count). The smallest absolute Gasteiger partial charge is 0.326 e. The highest BCUT2D eigenvalue weighted by Crippen LogP contribution is 2.10. The van der Waals surface area contributed by atoms with Crippen molar-refractivity contribution in [2.24, 2.45) is 0 Å². The number of rotatable bonds is 7. The van der Waals surface area contributed by atoms with Gasteiger partial charge in [-0.05, 0) is 20.8 Å². The van der Waals surface area contributed by atoms with Crippen LogP contribution in [0.25, 0.3) is 0 Å². The van der Waals surface area contributed by atoms with Crippen LogP contribution in [0, 0.1) is 13.8 Å². The molecular formula is C14H21N3O5S. The van der Waals surface area contributed by atoms with Crippen molar-refractivity contribution in [3.05, 3.63) is 20.2 Å². The third kappa shape index (κ3) is 4.92. The highest BCUT2D eigenvalue weighted by Gasteiger charge is 2.26. The van der Waals surface area contributed by atoms with E-state index in [4.69, 9.17) is 5.11 Å². The van der Waals surface area contributed by atoms with E-state index in [0.29, 0.717) is 5.69 Å². The van der Waals surface area contributed by atoms with Crippen molar-refractivity contribution >= 4 is 29.1 Å². The molecule has 0 aromatic carbocycles. The molecule has 1 atom stereocenters. The van der Waals surface area contributed by atoms with Crippen molar-refractivity contribution in [2.75, 3.05) is 13.1 Å². The highest BCUT2D eigenvalue weighted by atomic mass is 32.1. The predicted molar refractivity (Wildman–Crippen MR) is 85.5 cm³/mol. The Kier molecular flexibility index (Phi) is 6.49. The van der Waals surface area contributed by atoms with Gasteiger partial charge < -0.3 is 15.3 Å². The first-order valence-corrected chi connectivity index (χ1v) is 7.90. The third-order valence-corrected chi connectivity index (χ3v) is 4.54. The molecular weight excluding hydrogens is 322 g/mol. The molecule has 0 saturated carbocycles. The molecule has 8 nitrogen and oxygen atoms in total. The lowest BCUT2D eigenvalue weighted by Gasteiger charge is -2.27. The molecule has 9 heteroatoms. The molecule has 0 saturated heterocycles. The Morgan fingerprint density at radius 2 is 1.96 bits per heavy atom. The fourth-order valence-electron chi connectivity index (χ4n) is 2.02. The van der Waals surface area contributed by atoms with Gasteiger partial charge in [0, 0.05) is 30.6 Å². The lowest BCUT2D eigenvalue weighted by molar-refractivity contribution is -0.149. The van der Waals surface area contributed by atoms with Crippen LogP contribution in [0.4, 0.5) is 0 Å². The number of thiazole rings is 1. The minimum absolute atomic E-state index is 0.0583. The Hall–Kier alpha value is -2.16. The van der Waals surface area contributed by atoms with E-state index in [2.05, 4.69) is 5.32 Å². The molecule has 0 bridgehead atoms. The number of aryl methyl sites for hydroxylation is 1. The molecule has 0 aliphatic rings. The van der Waals surface area contributed by atoms with E-state index < -0.39 is 17.9 Å². The molecule has 0 spiro atoms. The molecule has 1 unspecified atom stereocenters. The average Bonchev–Trinajstić information content (AvgIpc) is 2.69. The minimum Gasteiger partial charge on any atom is -0.480 e. The maximum atomic E-state index is 12.4. The van der Waals surface area contributed by atoms with Crippen LogP contribution in [0.5, 0.6) is 0 Å². The number of nitrogens with zero attached hydrogens (tertiary/aromatic N) is 2. The van der Waals surface area contributed by atoms with Crippen molar-refractivity contribution in [2.45, 2.75) is 40.3 Å². The normalized spacial score (nSPS) is 11.8. The second kappa shape index (κ2) is 7.91. The first-order valence-electron chi connectivity index (χ1n) is 7.08. The van der Waals surface area contributed by atoms with Crippen molar-refractivity contribution < 1.29 is 19.5 Å². The van der Waals surface area contributed by atoms with Crippen molar-refractivity contribution in [1.82, 2.24) is 14.8 Å². The van der Waals surface area contributed by atoms with E-state index in [1.165, 1.54) is 18.4 Å². The van der Waals surface area contributed by atoms with Crippen LogP contribution in [0.1, 0.15) is 24.4 Å². The Bertz CT molecular complexity index is 664. The number of carboxylic acids is 1. The van der Waals surface area contributed by atoms with Gasteiger partial charge in [0.05, 0.1) is 0 Å². The van der Waals surface area contributed by atoms with Crippen molar-refractivity contribution in [3.63, 3.8) is 0 Å². The first kappa shape index (κ1) is 18.9. The molecule has 0 aliphatic heterocycles. The SMILES string of the molecule is CC(=O)NCCN(C(=O)Cn1c(C)c(C)sc1=O)C(C)C(=O)O. The van der Waals surface area contributed by atoms with Crippen molar-refractivity contribution in [1.29, 1.82) is 0 Å². The van der Waals surface area contributed by atoms with Gasteiger partial charge in [0.25, 0.3) is 0 Å². The largest absolute Gasteiger partial charge is 0.480 e. The highest BCUT2D eigenvalue weighted by molar-refractivity contribution is 7.09. The second-order valence-corrected chi connectivity index (χ2v) is 6.35. The standard InChI is InChI=1S/C14H21N3O5S/c1-8-10(3)23-14(22)17(8)7-12(19)16(9(2)13(20)21)6-5-15-11(4)18/h9H,5-7H2,1-4H3,(H,15,18)(H,20,21). The van der Waals surface area contributed by atoms with Gasteiger partial charge in [0.2, 0.25) is 11.8 Å². The number of nitrogens with one attached hydrogen (secondary N) is 1. The van der Waals surface area contributed by atoms with Gasteiger partial charge in [0.15, 0.2) is 0 Å². The lowest BCUT2D eigenvalue weighted by Crippen LogP contribution is -2.48. The predicted octanol–water partition coefficient (Wildman–Crippen LogP) is -0.0356. The van der Waals surface area contributed by atoms with E-state index in [-0.39, 0.29) is 30.4 Å². The van der Waals surface area contributed by atoms with E-state index in [9.17, 15) is 19.2 Å². The summed E-state index contributed by atoms with van der Waals surface area (Å²) in [5, 5.41) is 11.7. The van der Waals surface area contributed by atoms with Crippen molar-refractivity contribution in [3.8, 4) is 0 Å². The summed E-state index contributed by atoms with van der Waals surface area (Å²) in [4.78, 5) is 48.1. The Balaban J connectivity index is 2.92. The van der Waals surface area contributed by atoms with Gasteiger partial charge >= 0.3 is 10.8 Å². The van der Waals surface area contributed by atoms with Gasteiger partial charge in [-0.1, -0.05) is 11.3 Å². The monoisotopic (exact) mass is 343 g/mol. The summed E-state index contributed by atoms with van der Waals surface area (Å²) in [5.41, 5.74) is 0.693. The second-order valence-electron chi connectivity index (χ2n) is 5.18. The quantitative estimate of drug-likeness (QED) is 0.722. The first-order chi connectivity index (χ1) is 10.6. The summed E-state index contributed by atoms with van der Waals surface area (Å²) in [7, 11) is 0. The van der Waals surface area contributed by atoms with Crippen LogP contribution in [0.15, 0.2) is 4.79 Å². The van der Waals surface area contributed by atoms with Crippen LogP contribution >= 0.6 is 11.3 Å². The summed E-state index contributed by atoms with van der Waals surface area (Å²) in [6.07, 6.45) is 0. The topological polar surface area (TPSA) is 109 Å². The summed E-state index contributed by atoms with van der Waals surface area (Å²) in [6, 6.07) is -1.05. The average molecular weight is 343 g/mol. The summed E-state index contributed by atoms with van der Waals surface area (Å²) >= 11 is 1.05. The van der Waals surface area contributed by atoms with E-state index in [1.54, 1.807) is 13.8 Å². The molecule has 1 heterocycles. The van der Waals surface area contributed by atoms with Crippen LogP contribution in [0.2, 0.25) is 0 Å². The number of hydrogen-bond donors (Lipinski definition) is 2. The number of aromatic nitrogens is 1. The number of carbonyl (C=O) groups excluding carboxylic acids is 2. The fraction of sp³-hybridized carbons (Fsp3) is 0.571. The number of aliphatic carboxylic acids is 1. The van der Waals surface area contributed by atoms with Gasteiger partial charge in [-0.3, -0.25) is 19.0 Å². The summed E-state index contributed by atoms with van der Waals surface area (Å²) in [6.45, 7) is 6.25. The molecule has 23 heavy (non-hydrogen) atoms. The summed E-state index contributed by atoms with van der Waals surface area (Å²) in [5.74, 6) is -1.89. The van der Waals surface area contributed by atoms with Crippen LogP contribution in [-0.2, 0) is 20.9 Å². The van der Waals surface area contributed by atoms with Gasteiger partial charge in [-0.25, -0.2) is 4.79 Å². The van der Waals surface area contributed by atoms with E-state index >= 15 is 0 Å². The van der Waals surface area contributed by atoms with Gasteiger partial charge in [-0.15, -0.1) is 0 Å². The zero-order chi connectivity index (χ0) is 17.7. The fourth-order valence-corrected chi connectivity index (χ4v) is 2.85. The zero-order valence-corrected chi connectivity index (χ0v) is 14.4. The molecule has 0 radical (unpaired) electrons. The Labute approximate surface area is 137 Å². The Morgan fingerprint density at radius 1 is 1.35 bits per heavy atom. The van der Waals surface area contributed by atoms with E-state index in [0.717, 1.165) is 21.1 Å². The molecule has 1 aromatic rings. The molecule has 1 aromatic heterocycles. The summed E-state index contributed by atoms with van der Waals surface area (Å²) < 4.78 is 1.34. The maximum Gasteiger partial charge on any atom is 0.326 e. The number of amides is 2. The molecule has 128 valence electrons. The lowest BCUT2D eigenvalue weighted by atomic mass is 10.2. The van der Waals surface area contributed by atoms with Gasteiger partial charge in [-0.2, -0.15) is 0 Å². The molecule has 0 fully saturated rings. The maximum absolute atomic E-state index is 12.4. The molecule has 2 N–H and O–H groups in total. The molecule has 0 aliphatic carbocycles. The number of carboxylic acid groups (broad SMARTS) is 1. The Morgan fingerprint density at radius 3 is 2.39 bits per heavy atom. The number of carbonyl (C=O) groups is 3. The zero-order valence-electron chi connectivity index (χ0n) is 13.6. The number of hydrogen-bond acceptors (Lipinski definition) is 5. The third-order valence-electron chi connectivity index (χ3n) is 3.54. The van der Waals surface area contributed by atoms with Gasteiger partial charge in [0.1, 0.15) is 12.6 Å². The van der Waals surface area contributed by atoms with Crippen LogP contribution in [-0.4, -0.2) is 51.5 Å². The molecule has 2 amide bonds. The van der Waals surface area contributed by atoms with E-state index in [1.807, 2.05) is 0 Å².